The van der Waals surface area contributed by atoms with E-state index < -0.39 is 0 Å². The van der Waals surface area contributed by atoms with Crippen LogP contribution in [0.5, 0.6) is 5.75 Å². The van der Waals surface area contributed by atoms with Gasteiger partial charge in [-0.05, 0) is 57.1 Å². The lowest BCUT2D eigenvalue weighted by atomic mass is 9.89. The van der Waals surface area contributed by atoms with Crippen LogP contribution in [-0.2, 0) is 0 Å². The number of para-hydroxylation sites is 1. The smallest absolute Gasteiger partial charge is 0.124 e. The average molecular weight is 289 g/mol. The monoisotopic (exact) mass is 289 g/mol. The minimum atomic E-state index is 0.406. The summed E-state index contributed by atoms with van der Waals surface area (Å²) in [6.07, 6.45) is 7.69. The first kappa shape index (κ1) is 16.4. The van der Waals surface area contributed by atoms with E-state index in [4.69, 9.17) is 4.74 Å². The summed E-state index contributed by atoms with van der Waals surface area (Å²) in [5, 5.41) is 3.64. The highest BCUT2D eigenvalue weighted by Gasteiger charge is 2.21. The summed E-state index contributed by atoms with van der Waals surface area (Å²) in [7, 11) is 0. The normalized spacial score (nSPS) is 23.8. The summed E-state index contributed by atoms with van der Waals surface area (Å²) in [4.78, 5) is 0. The first-order valence-electron chi connectivity index (χ1n) is 8.73. The van der Waals surface area contributed by atoms with E-state index in [2.05, 4.69) is 50.4 Å². The molecule has 1 aromatic carbocycles. The largest absolute Gasteiger partial charge is 0.490 e. The highest BCUT2D eigenvalue weighted by atomic mass is 16.5. The molecule has 0 aromatic heterocycles. The number of rotatable bonds is 7. The standard InChI is InChI=1S/C19H31NO/c1-4-14-20-18(5-2)17-8-6-7-9-19(17)21-16-12-10-15(3)11-13-16/h6-9,15-16,18,20H,4-5,10-14H2,1-3H3. The van der Waals surface area contributed by atoms with E-state index in [1.165, 1.54) is 37.7 Å². The van der Waals surface area contributed by atoms with E-state index in [1.54, 1.807) is 0 Å². The van der Waals surface area contributed by atoms with Crippen molar-refractivity contribution in [2.75, 3.05) is 6.54 Å². The molecule has 2 heteroatoms. The summed E-state index contributed by atoms with van der Waals surface area (Å²) in [6.45, 7) is 7.87. The van der Waals surface area contributed by atoms with Gasteiger partial charge in [-0.15, -0.1) is 0 Å². The molecule has 1 aliphatic rings. The van der Waals surface area contributed by atoms with Crippen LogP contribution in [0.15, 0.2) is 24.3 Å². The predicted molar refractivity (Wildman–Crippen MR) is 89.8 cm³/mol. The minimum Gasteiger partial charge on any atom is -0.490 e. The van der Waals surface area contributed by atoms with Crippen molar-refractivity contribution in [2.24, 2.45) is 5.92 Å². The Morgan fingerprint density at radius 2 is 1.86 bits per heavy atom. The maximum Gasteiger partial charge on any atom is 0.124 e. The van der Waals surface area contributed by atoms with E-state index in [9.17, 15) is 0 Å². The number of ether oxygens (including phenoxy) is 1. The Balaban J connectivity index is 2.05. The van der Waals surface area contributed by atoms with Crippen molar-refractivity contribution in [1.29, 1.82) is 0 Å². The van der Waals surface area contributed by atoms with Gasteiger partial charge in [0.1, 0.15) is 5.75 Å². The van der Waals surface area contributed by atoms with Crippen molar-refractivity contribution in [3.05, 3.63) is 29.8 Å². The molecule has 0 spiro atoms. The van der Waals surface area contributed by atoms with Crippen LogP contribution in [-0.4, -0.2) is 12.6 Å². The van der Waals surface area contributed by atoms with Gasteiger partial charge in [-0.3, -0.25) is 0 Å². The Kier molecular flexibility index (Phi) is 6.56. The van der Waals surface area contributed by atoms with E-state index in [0.717, 1.165) is 24.6 Å². The van der Waals surface area contributed by atoms with Crippen LogP contribution in [0, 0.1) is 5.92 Å². The van der Waals surface area contributed by atoms with Gasteiger partial charge in [0.25, 0.3) is 0 Å². The summed E-state index contributed by atoms with van der Waals surface area (Å²) in [5.41, 5.74) is 1.33. The molecule has 0 radical (unpaired) electrons. The molecule has 118 valence electrons. The third-order valence-corrected chi connectivity index (χ3v) is 4.60. The molecule has 1 N–H and O–H groups in total. The Bertz CT molecular complexity index is 410. The van der Waals surface area contributed by atoms with Crippen molar-refractivity contribution in [1.82, 2.24) is 5.32 Å². The third-order valence-electron chi connectivity index (χ3n) is 4.60. The summed E-state index contributed by atoms with van der Waals surface area (Å²) >= 11 is 0. The molecule has 21 heavy (non-hydrogen) atoms. The van der Waals surface area contributed by atoms with E-state index in [1.807, 2.05) is 0 Å². The molecule has 0 aliphatic heterocycles. The summed E-state index contributed by atoms with van der Waals surface area (Å²) in [5.74, 6) is 1.96. The molecule has 0 saturated heterocycles. The molecule has 1 aliphatic carbocycles. The quantitative estimate of drug-likeness (QED) is 0.754. The lowest BCUT2D eigenvalue weighted by molar-refractivity contribution is 0.133. The fourth-order valence-corrected chi connectivity index (χ4v) is 3.20. The van der Waals surface area contributed by atoms with Crippen molar-refractivity contribution >= 4 is 0 Å². The van der Waals surface area contributed by atoms with Crippen LogP contribution in [0.2, 0.25) is 0 Å². The second kappa shape index (κ2) is 8.43. The Morgan fingerprint density at radius 3 is 2.52 bits per heavy atom. The van der Waals surface area contributed by atoms with Gasteiger partial charge >= 0.3 is 0 Å². The second-order valence-electron chi connectivity index (χ2n) is 6.45. The van der Waals surface area contributed by atoms with E-state index >= 15 is 0 Å². The van der Waals surface area contributed by atoms with Gasteiger partial charge < -0.3 is 10.1 Å². The van der Waals surface area contributed by atoms with Crippen molar-refractivity contribution in [3.8, 4) is 5.75 Å². The first-order valence-corrected chi connectivity index (χ1v) is 8.73. The van der Waals surface area contributed by atoms with Gasteiger partial charge in [-0.1, -0.05) is 39.0 Å². The SMILES string of the molecule is CCCNC(CC)c1ccccc1OC1CCC(C)CC1. The number of nitrogens with one attached hydrogen (secondary N) is 1. The van der Waals surface area contributed by atoms with Crippen LogP contribution < -0.4 is 10.1 Å². The van der Waals surface area contributed by atoms with Gasteiger partial charge in [-0.25, -0.2) is 0 Å². The molecule has 1 saturated carbocycles. The van der Waals surface area contributed by atoms with Crippen LogP contribution in [0.1, 0.15) is 70.9 Å². The van der Waals surface area contributed by atoms with Crippen molar-refractivity contribution < 1.29 is 4.74 Å². The lowest BCUT2D eigenvalue weighted by Gasteiger charge is -2.29. The minimum absolute atomic E-state index is 0.406. The van der Waals surface area contributed by atoms with Crippen molar-refractivity contribution in [2.45, 2.75) is 71.4 Å². The molecule has 0 heterocycles. The molecule has 1 aromatic rings. The molecule has 2 nitrogen and oxygen atoms in total. The molecule has 0 amide bonds. The maximum absolute atomic E-state index is 6.36. The van der Waals surface area contributed by atoms with Crippen LogP contribution in [0.3, 0.4) is 0 Å². The molecule has 2 rings (SSSR count). The van der Waals surface area contributed by atoms with Gasteiger partial charge in [-0.2, -0.15) is 0 Å². The second-order valence-corrected chi connectivity index (χ2v) is 6.45. The third kappa shape index (κ3) is 4.74. The zero-order valence-corrected chi connectivity index (χ0v) is 13.9. The van der Waals surface area contributed by atoms with E-state index in [-0.39, 0.29) is 0 Å². The zero-order chi connectivity index (χ0) is 15.1. The van der Waals surface area contributed by atoms with E-state index in [0.29, 0.717) is 12.1 Å². The van der Waals surface area contributed by atoms with Gasteiger partial charge in [0.2, 0.25) is 0 Å². The van der Waals surface area contributed by atoms with Crippen LogP contribution in [0.4, 0.5) is 0 Å². The number of hydrogen-bond donors (Lipinski definition) is 1. The van der Waals surface area contributed by atoms with Gasteiger partial charge in [0.15, 0.2) is 0 Å². The Morgan fingerprint density at radius 1 is 1.14 bits per heavy atom. The van der Waals surface area contributed by atoms with Crippen LogP contribution >= 0.6 is 0 Å². The highest BCUT2D eigenvalue weighted by Crippen LogP contribution is 2.32. The lowest BCUT2D eigenvalue weighted by Crippen LogP contribution is -2.26. The maximum atomic E-state index is 6.36. The molecule has 1 atom stereocenters. The van der Waals surface area contributed by atoms with Gasteiger partial charge in [0, 0.05) is 11.6 Å². The predicted octanol–water partition coefficient (Wildman–Crippen LogP) is 5.09. The summed E-state index contributed by atoms with van der Waals surface area (Å²) in [6, 6.07) is 8.99. The molecular formula is C19H31NO. The number of benzene rings is 1. The van der Waals surface area contributed by atoms with Gasteiger partial charge in [0.05, 0.1) is 6.10 Å². The molecule has 0 bridgehead atoms. The Labute approximate surface area is 130 Å². The molecular weight excluding hydrogens is 258 g/mol. The summed E-state index contributed by atoms with van der Waals surface area (Å²) < 4.78 is 6.36. The molecule has 1 unspecified atom stereocenters. The Hall–Kier alpha value is -1.02. The van der Waals surface area contributed by atoms with Crippen molar-refractivity contribution in [3.63, 3.8) is 0 Å². The zero-order valence-electron chi connectivity index (χ0n) is 13.9. The highest BCUT2D eigenvalue weighted by molar-refractivity contribution is 5.36. The fraction of sp³-hybridized carbons (Fsp3) is 0.684. The number of hydrogen-bond acceptors (Lipinski definition) is 2. The topological polar surface area (TPSA) is 21.3 Å². The first-order chi connectivity index (χ1) is 10.2. The molecule has 1 fully saturated rings. The van der Waals surface area contributed by atoms with Crippen LogP contribution in [0.25, 0.3) is 0 Å². The fourth-order valence-electron chi connectivity index (χ4n) is 3.20. The average Bonchev–Trinajstić information content (AvgIpc) is 2.52.